The Bertz CT molecular complexity index is 355. The van der Waals surface area contributed by atoms with E-state index in [1.807, 2.05) is 32.0 Å². The van der Waals surface area contributed by atoms with Crippen LogP contribution in [-0.2, 0) is 11.3 Å². The molecular weight excluding hydrogens is 289 g/mol. The second kappa shape index (κ2) is 6.01. The van der Waals surface area contributed by atoms with E-state index in [0.717, 1.165) is 28.1 Å². The summed E-state index contributed by atoms with van der Waals surface area (Å²) in [6.45, 7) is 5.66. The fourth-order valence-corrected chi connectivity index (χ4v) is 1.83. The van der Waals surface area contributed by atoms with E-state index in [-0.39, 0.29) is 5.60 Å². The summed E-state index contributed by atoms with van der Waals surface area (Å²) in [4.78, 5) is 0. The Morgan fingerprint density at radius 3 is 2.75 bits per heavy atom. The molecule has 0 aliphatic rings. The third kappa shape index (κ3) is 4.42. The molecule has 0 amide bonds. The molecule has 1 rings (SSSR count). The molecule has 0 aromatic heterocycles. The number of methoxy groups -OCH3 is 1. The van der Waals surface area contributed by atoms with E-state index in [1.54, 1.807) is 7.11 Å². The topological polar surface area (TPSA) is 21.3 Å². The molecule has 16 heavy (non-hydrogen) atoms. The number of halogens is 2. The van der Waals surface area contributed by atoms with Gasteiger partial charge in [-0.2, -0.15) is 0 Å². The molecule has 0 heterocycles. The van der Waals surface area contributed by atoms with Crippen molar-refractivity contribution in [3.05, 3.63) is 33.3 Å². The van der Waals surface area contributed by atoms with Gasteiger partial charge < -0.3 is 10.1 Å². The van der Waals surface area contributed by atoms with Crippen LogP contribution >= 0.6 is 27.5 Å². The van der Waals surface area contributed by atoms with Gasteiger partial charge in [-0.05, 0) is 37.6 Å². The predicted molar refractivity (Wildman–Crippen MR) is 71.9 cm³/mol. The highest BCUT2D eigenvalue weighted by Gasteiger charge is 2.15. The molecule has 4 heteroatoms. The summed E-state index contributed by atoms with van der Waals surface area (Å²) in [5.74, 6) is 0. The highest BCUT2D eigenvalue weighted by Crippen LogP contribution is 2.21. The first-order valence-electron chi connectivity index (χ1n) is 5.14. The Morgan fingerprint density at radius 1 is 1.44 bits per heavy atom. The average molecular weight is 307 g/mol. The van der Waals surface area contributed by atoms with Crippen molar-refractivity contribution in [2.75, 3.05) is 13.7 Å². The molecule has 1 aromatic rings. The summed E-state index contributed by atoms with van der Waals surface area (Å²) < 4.78 is 6.40. The average Bonchev–Trinajstić information content (AvgIpc) is 2.23. The van der Waals surface area contributed by atoms with E-state index >= 15 is 0 Å². The number of benzene rings is 1. The molecule has 1 N–H and O–H groups in total. The van der Waals surface area contributed by atoms with Crippen LogP contribution in [0.4, 0.5) is 0 Å². The van der Waals surface area contributed by atoms with Gasteiger partial charge in [0, 0.05) is 29.7 Å². The first-order valence-corrected chi connectivity index (χ1v) is 6.31. The number of ether oxygens (including phenoxy) is 1. The van der Waals surface area contributed by atoms with Crippen LogP contribution < -0.4 is 5.32 Å². The van der Waals surface area contributed by atoms with Gasteiger partial charge in [-0.25, -0.2) is 0 Å². The fourth-order valence-electron chi connectivity index (χ4n) is 1.25. The maximum atomic E-state index is 5.94. The van der Waals surface area contributed by atoms with Crippen molar-refractivity contribution >= 4 is 27.5 Å². The number of nitrogens with one attached hydrogen (secondary N) is 1. The van der Waals surface area contributed by atoms with Gasteiger partial charge in [0.15, 0.2) is 0 Å². The normalized spacial score (nSPS) is 11.8. The van der Waals surface area contributed by atoms with Gasteiger partial charge in [-0.15, -0.1) is 0 Å². The van der Waals surface area contributed by atoms with E-state index in [1.165, 1.54) is 0 Å². The maximum Gasteiger partial charge on any atom is 0.0746 e. The molecule has 0 saturated heterocycles. The number of hydrogen-bond acceptors (Lipinski definition) is 2. The fraction of sp³-hybridized carbons (Fsp3) is 0.500. The van der Waals surface area contributed by atoms with E-state index in [2.05, 4.69) is 21.2 Å². The lowest BCUT2D eigenvalue weighted by molar-refractivity contribution is 0.0230. The first kappa shape index (κ1) is 14.0. The minimum atomic E-state index is -0.148. The van der Waals surface area contributed by atoms with E-state index in [0.29, 0.717) is 0 Å². The molecule has 0 atom stereocenters. The summed E-state index contributed by atoms with van der Waals surface area (Å²) in [6.07, 6.45) is 0. The molecule has 0 fully saturated rings. The zero-order chi connectivity index (χ0) is 12.2. The van der Waals surface area contributed by atoms with E-state index in [9.17, 15) is 0 Å². The molecule has 1 aromatic carbocycles. The van der Waals surface area contributed by atoms with Gasteiger partial charge in [0.05, 0.1) is 5.60 Å². The zero-order valence-electron chi connectivity index (χ0n) is 9.81. The third-order valence-corrected chi connectivity index (χ3v) is 3.44. The molecule has 0 unspecified atom stereocenters. The van der Waals surface area contributed by atoms with Crippen molar-refractivity contribution in [3.63, 3.8) is 0 Å². The van der Waals surface area contributed by atoms with Crippen molar-refractivity contribution in [2.45, 2.75) is 26.0 Å². The van der Waals surface area contributed by atoms with E-state index in [4.69, 9.17) is 16.3 Å². The van der Waals surface area contributed by atoms with Crippen LogP contribution in [0.15, 0.2) is 22.7 Å². The van der Waals surface area contributed by atoms with Crippen LogP contribution in [0.1, 0.15) is 19.4 Å². The molecular formula is C12H17BrClNO. The van der Waals surface area contributed by atoms with Crippen LogP contribution in [0.2, 0.25) is 5.02 Å². The molecule has 0 aliphatic heterocycles. The van der Waals surface area contributed by atoms with Crippen LogP contribution in [0.5, 0.6) is 0 Å². The highest BCUT2D eigenvalue weighted by molar-refractivity contribution is 9.10. The van der Waals surface area contributed by atoms with Crippen molar-refractivity contribution in [3.8, 4) is 0 Å². The first-order chi connectivity index (χ1) is 7.44. The minimum absolute atomic E-state index is 0.148. The third-order valence-electron chi connectivity index (χ3n) is 2.43. The lowest BCUT2D eigenvalue weighted by Crippen LogP contribution is -2.36. The van der Waals surface area contributed by atoms with Crippen molar-refractivity contribution < 1.29 is 4.74 Å². The molecule has 0 spiro atoms. The molecule has 2 nitrogen and oxygen atoms in total. The number of rotatable bonds is 5. The SMILES string of the molecule is COC(C)(C)CNCc1cc(Cl)ccc1Br. The van der Waals surface area contributed by atoms with Crippen molar-refractivity contribution in [2.24, 2.45) is 0 Å². The molecule has 0 saturated carbocycles. The van der Waals surface area contributed by atoms with Crippen LogP contribution in [0.25, 0.3) is 0 Å². The summed E-state index contributed by atoms with van der Waals surface area (Å²) >= 11 is 9.44. The summed E-state index contributed by atoms with van der Waals surface area (Å²) in [6, 6.07) is 5.79. The quantitative estimate of drug-likeness (QED) is 0.897. The lowest BCUT2D eigenvalue weighted by Gasteiger charge is -2.23. The Hall–Kier alpha value is -0.0900. The Balaban J connectivity index is 2.52. The highest BCUT2D eigenvalue weighted by atomic mass is 79.9. The van der Waals surface area contributed by atoms with Gasteiger partial charge >= 0.3 is 0 Å². The Morgan fingerprint density at radius 2 is 2.12 bits per heavy atom. The Kier molecular flexibility index (Phi) is 5.25. The summed E-state index contributed by atoms with van der Waals surface area (Å²) in [7, 11) is 1.72. The minimum Gasteiger partial charge on any atom is -0.377 e. The predicted octanol–water partition coefficient (Wildman–Crippen LogP) is 3.62. The van der Waals surface area contributed by atoms with Gasteiger partial charge in [-0.1, -0.05) is 27.5 Å². The molecule has 0 radical (unpaired) electrons. The van der Waals surface area contributed by atoms with Gasteiger partial charge in [-0.3, -0.25) is 0 Å². The van der Waals surface area contributed by atoms with Gasteiger partial charge in [0.1, 0.15) is 0 Å². The largest absolute Gasteiger partial charge is 0.377 e. The van der Waals surface area contributed by atoms with Crippen LogP contribution in [0.3, 0.4) is 0 Å². The maximum absolute atomic E-state index is 5.94. The zero-order valence-corrected chi connectivity index (χ0v) is 12.2. The molecule has 0 bridgehead atoms. The summed E-state index contributed by atoms with van der Waals surface area (Å²) in [5.41, 5.74) is 1.00. The smallest absolute Gasteiger partial charge is 0.0746 e. The van der Waals surface area contributed by atoms with Crippen molar-refractivity contribution in [1.29, 1.82) is 0 Å². The molecule has 90 valence electrons. The van der Waals surface area contributed by atoms with Crippen LogP contribution in [0, 0.1) is 0 Å². The summed E-state index contributed by atoms with van der Waals surface area (Å²) in [5, 5.41) is 4.10. The van der Waals surface area contributed by atoms with E-state index < -0.39 is 0 Å². The lowest BCUT2D eigenvalue weighted by atomic mass is 10.1. The second-order valence-corrected chi connectivity index (χ2v) is 5.59. The Labute approximate surface area is 110 Å². The van der Waals surface area contributed by atoms with Gasteiger partial charge in [0.2, 0.25) is 0 Å². The van der Waals surface area contributed by atoms with Gasteiger partial charge in [0.25, 0.3) is 0 Å². The van der Waals surface area contributed by atoms with Crippen molar-refractivity contribution in [1.82, 2.24) is 5.32 Å². The monoisotopic (exact) mass is 305 g/mol. The van der Waals surface area contributed by atoms with Crippen LogP contribution in [-0.4, -0.2) is 19.3 Å². The standard InChI is InChI=1S/C12H17BrClNO/c1-12(2,16-3)8-15-7-9-6-10(14)4-5-11(9)13/h4-6,15H,7-8H2,1-3H3. The molecule has 0 aliphatic carbocycles. The second-order valence-electron chi connectivity index (χ2n) is 4.30. The number of hydrogen-bond donors (Lipinski definition) is 1.